The predicted octanol–water partition coefficient (Wildman–Crippen LogP) is 3.96. The topological polar surface area (TPSA) is 25.0 Å². The number of ether oxygens (including phenoxy) is 1. The Balaban J connectivity index is 2.01. The number of H-pyrrole nitrogens is 1. The molecular formula is C14H11NO. The van der Waals surface area contributed by atoms with Crippen LogP contribution in [0.3, 0.4) is 0 Å². The van der Waals surface area contributed by atoms with E-state index >= 15 is 0 Å². The van der Waals surface area contributed by atoms with Gasteiger partial charge in [0.2, 0.25) is 0 Å². The zero-order valence-electron chi connectivity index (χ0n) is 8.68. The van der Waals surface area contributed by atoms with Crippen LogP contribution in [0.5, 0.6) is 11.5 Å². The SMILES string of the molecule is c1ccc(Oc2c[nH]c3ccccc23)cc1. The fraction of sp³-hybridized carbons (Fsp3) is 0. The third-order valence-corrected chi connectivity index (χ3v) is 2.52. The van der Waals surface area contributed by atoms with Gasteiger partial charge in [0, 0.05) is 17.1 Å². The number of benzene rings is 2. The van der Waals surface area contributed by atoms with Gasteiger partial charge >= 0.3 is 0 Å². The molecule has 1 aromatic heterocycles. The Labute approximate surface area is 93.5 Å². The fourth-order valence-corrected chi connectivity index (χ4v) is 1.74. The molecule has 0 aliphatic heterocycles. The molecule has 0 amide bonds. The van der Waals surface area contributed by atoms with Gasteiger partial charge in [-0.2, -0.15) is 0 Å². The number of rotatable bonds is 2. The van der Waals surface area contributed by atoms with E-state index in [1.807, 2.05) is 60.8 Å². The molecule has 1 heterocycles. The van der Waals surface area contributed by atoms with Crippen LogP contribution in [0, 0.1) is 0 Å². The van der Waals surface area contributed by atoms with Gasteiger partial charge in [-0.25, -0.2) is 0 Å². The fourth-order valence-electron chi connectivity index (χ4n) is 1.74. The highest BCUT2D eigenvalue weighted by atomic mass is 16.5. The Bertz CT molecular complexity index is 598. The van der Waals surface area contributed by atoms with Gasteiger partial charge in [-0.1, -0.05) is 30.3 Å². The van der Waals surface area contributed by atoms with Gasteiger partial charge in [-0.3, -0.25) is 0 Å². The summed E-state index contributed by atoms with van der Waals surface area (Å²) in [6.07, 6.45) is 1.89. The summed E-state index contributed by atoms with van der Waals surface area (Å²) in [5, 5.41) is 1.10. The standard InChI is InChI=1S/C14H11NO/c1-2-6-11(7-3-1)16-14-10-15-13-9-5-4-8-12(13)14/h1-10,15H. The number of hydrogen-bond acceptors (Lipinski definition) is 1. The summed E-state index contributed by atoms with van der Waals surface area (Å²) in [6.45, 7) is 0. The minimum Gasteiger partial charge on any atom is -0.455 e. The Kier molecular flexibility index (Phi) is 2.11. The first-order valence-electron chi connectivity index (χ1n) is 5.22. The Morgan fingerprint density at radius 1 is 0.812 bits per heavy atom. The molecule has 0 aliphatic carbocycles. The van der Waals surface area contributed by atoms with Crippen LogP contribution in [-0.4, -0.2) is 4.98 Å². The van der Waals surface area contributed by atoms with Crippen LogP contribution < -0.4 is 4.74 Å². The molecule has 0 bridgehead atoms. The molecule has 0 fully saturated rings. The van der Waals surface area contributed by atoms with Crippen molar-refractivity contribution in [1.29, 1.82) is 0 Å². The molecule has 16 heavy (non-hydrogen) atoms. The number of fused-ring (bicyclic) bond motifs is 1. The molecule has 2 heteroatoms. The molecule has 1 N–H and O–H groups in total. The molecule has 3 aromatic rings. The van der Waals surface area contributed by atoms with E-state index in [9.17, 15) is 0 Å². The monoisotopic (exact) mass is 209 g/mol. The van der Waals surface area contributed by atoms with Crippen molar-refractivity contribution in [3.63, 3.8) is 0 Å². The quantitative estimate of drug-likeness (QED) is 0.679. The molecule has 2 nitrogen and oxygen atoms in total. The van der Waals surface area contributed by atoms with Gasteiger partial charge in [-0.15, -0.1) is 0 Å². The average molecular weight is 209 g/mol. The number of aromatic amines is 1. The minimum absolute atomic E-state index is 0.854. The molecule has 0 unspecified atom stereocenters. The van der Waals surface area contributed by atoms with Crippen LogP contribution in [0.2, 0.25) is 0 Å². The summed E-state index contributed by atoms with van der Waals surface area (Å²) in [4.78, 5) is 3.18. The highest BCUT2D eigenvalue weighted by molar-refractivity contribution is 5.86. The lowest BCUT2D eigenvalue weighted by atomic mass is 10.2. The van der Waals surface area contributed by atoms with Crippen LogP contribution in [-0.2, 0) is 0 Å². The first-order chi connectivity index (χ1) is 7.93. The van der Waals surface area contributed by atoms with Crippen molar-refractivity contribution in [2.75, 3.05) is 0 Å². The second-order valence-electron chi connectivity index (χ2n) is 3.61. The lowest BCUT2D eigenvalue weighted by molar-refractivity contribution is 0.488. The van der Waals surface area contributed by atoms with E-state index in [-0.39, 0.29) is 0 Å². The summed E-state index contributed by atoms with van der Waals surface area (Å²) in [5.41, 5.74) is 1.09. The van der Waals surface area contributed by atoms with E-state index in [1.54, 1.807) is 0 Å². The Hall–Kier alpha value is -2.22. The predicted molar refractivity (Wildman–Crippen MR) is 64.8 cm³/mol. The first-order valence-corrected chi connectivity index (χ1v) is 5.22. The summed E-state index contributed by atoms with van der Waals surface area (Å²) >= 11 is 0. The molecule has 2 aromatic carbocycles. The zero-order valence-corrected chi connectivity index (χ0v) is 8.68. The van der Waals surface area contributed by atoms with Gasteiger partial charge in [0.05, 0.1) is 0 Å². The molecule has 0 saturated heterocycles. The van der Waals surface area contributed by atoms with Crippen LogP contribution >= 0.6 is 0 Å². The molecule has 0 spiro atoms. The van der Waals surface area contributed by atoms with Crippen molar-refractivity contribution < 1.29 is 4.74 Å². The molecular weight excluding hydrogens is 198 g/mol. The summed E-state index contributed by atoms with van der Waals surface area (Å²) in [7, 11) is 0. The van der Waals surface area contributed by atoms with Crippen LogP contribution in [0.1, 0.15) is 0 Å². The molecule has 78 valence electrons. The lowest BCUT2D eigenvalue weighted by Gasteiger charge is -2.02. The Morgan fingerprint density at radius 3 is 2.44 bits per heavy atom. The number of aromatic nitrogens is 1. The summed E-state index contributed by atoms with van der Waals surface area (Å²) in [6, 6.07) is 17.9. The van der Waals surface area contributed by atoms with E-state index < -0.39 is 0 Å². The smallest absolute Gasteiger partial charge is 0.152 e. The minimum atomic E-state index is 0.854. The van der Waals surface area contributed by atoms with Crippen LogP contribution in [0.4, 0.5) is 0 Å². The van der Waals surface area contributed by atoms with Crippen molar-refractivity contribution in [3.8, 4) is 11.5 Å². The van der Waals surface area contributed by atoms with Gasteiger partial charge in [0.25, 0.3) is 0 Å². The van der Waals surface area contributed by atoms with Gasteiger partial charge in [0.15, 0.2) is 5.75 Å². The van der Waals surface area contributed by atoms with Crippen molar-refractivity contribution >= 4 is 10.9 Å². The maximum Gasteiger partial charge on any atom is 0.152 e. The number of para-hydroxylation sites is 2. The van der Waals surface area contributed by atoms with Gasteiger partial charge in [-0.05, 0) is 24.3 Å². The van der Waals surface area contributed by atoms with E-state index in [0.717, 1.165) is 22.4 Å². The number of nitrogens with one attached hydrogen (secondary N) is 1. The van der Waals surface area contributed by atoms with Crippen molar-refractivity contribution in [2.45, 2.75) is 0 Å². The third kappa shape index (κ3) is 1.54. The van der Waals surface area contributed by atoms with Crippen molar-refractivity contribution in [3.05, 3.63) is 60.8 Å². The van der Waals surface area contributed by atoms with Crippen molar-refractivity contribution in [1.82, 2.24) is 4.98 Å². The summed E-state index contributed by atoms with van der Waals surface area (Å²) < 4.78 is 5.80. The normalized spacial score (nSPS) is 10.5. The first kappa shape index (κ1) is 9.04. The highest BCUT2D eigenvalue weighted by Crippen LogP contribution is 2.29. The molecule has 0 aliphatic rings. The molecule has 3 rings (SSSR count). The van der Waals surface area contributed by atoms with E-state index in [0.29, 0.717) is 0 Å². The van der Waals surface area contributed by atoms with E-state index in [4.69, 9.17) is 4.74 Å². The van der Waals surface area contributed by atoms with Crippen molar-refractivity contribution in [2.24, 2.45) is 0 Å². The summed E-state index contributed by atoms with van der Waals surface area (Å²) in [5.74, 6) is 1.72. The van der Waals surface area contributed by atoms with Gasteiger partial charge < -0.3 is 9.72 Å². The maximum absolute atomic E-state index is 5.80. The van der Waals surface area contributed by atoms with Crippen LogP contribution in [0.25, 0.3) is 10.9 Å². The van der Waals surface area contributed by atoms with Crippen LogP contribution in [0.15, 0.2) is 60.8 Å². The lowest BCUT2D eigenvalue weighted by Crippen LogP contribution is -1.80. The molecule has 0 saturated carbocycles. The van der Waals surface area contributed by atoms with E-state index in [1.165, 1.54) is 0 Å². The second-order valence-corrected chi connectivity index (χ2v) is 3.61. The molecule has 0 atom stereocenters. The molecule has 0 radical (unpaired) electrons. The number of hydrogen-bond donors (Lipinski definition) is 1. The third-order valence-electron chi connectivity index (χ3n) is 2.52. The zero-order chi connectivity index (χ0) is 10.8. The maximum atomic E-state index is 5.80. The van der Waals surface area contributed by atoms with E-state index in [2.05, 4.69) is 4.98 Å². The highest BCUT2D eigenvalue weighted by Gasteiger charge is 2.04. The van der Waals surface area contributed by atoms with Gasteiger partial charge in [0.1, 0.15) is 5.75 Å². The second kappa shape index (κ2) is 3.74. The Morgan fingerprint density at radius 2 is 1.56 bits per heavy atom. The average Bonchev–Trinajstić information content (AvgIpc) is 2.74. The largest absolute Gasteiger partial charge is 0.455 e.